The third kappa shape index (κ3) is 2.65. The van der Waals surface area contributed by atoms with Crippen LogP contribution < -0.4 is 9.80 Å². The molecule has 128 valence electrons. The Balaban J connectivity index is 1.58. The van der Waals surface area contributed by atoms with E-state index in [-0.39, 0.29) is 0 Å². The van der Waals surface area contributed by atoms with Gasteiger partial charge in [0.05, 0.1) is 5.39 Å². The van der Waals surface area contributed by atoms with Crippen LogP contribution in [0.2, 0.25) is 0 Å². The summed E-state index contributed by atoms with van der Waals surface area (Å²) in [6.45, 7) is 6.43. The third-order valence-corrected chi connectivity index (χ3v) is 6.18. The van der Waals surface area contributed by atoms with E-state index in [9.17, 15) is 0 Å². The smallest absolute Gasteiger partial charge is 0.141 e. The molecule has 3 aromatic rings. The molecule has 0 unspecified atom stereocenters. The van der Waals surface area contributed by atoms with E-state index in [1.165, 1.54) is 35.1 Å². The minimum Gasteiger partial charge on any atom is -0.357 e. The van der Waals surface area contributed by atoms with Crippen molar-refractivity contribution in [3.63, 3.8) is 0 Å². The summed E-state index contributed by atoms with van der Waals surface area (Å²) in [5.74, 6) is 3.05. The molecule has 0 spiro atoms. The molecular formula is C19H21N5S. The van der Waals surface area contributed by atoms with E-state index in [0.717, 1.165) is 48.5 Å². The summed E-state index contributed by atoms with van der Waals surface area (Å²) in [7, 11) is 0. The Labute approximate surface area is 151 Å². The van der Waals surface area contributed by atoms with Gasteiger partial charge in [0.2, 0.25) is 0 Å². The molecule has 5 rings (SSSR count). The Morgan fingerprint density at radius 2 is 1.76 bits per heavy atom. The summed E-state index contributed by atoms with van der Waals surface area (Å²) < 4.78 is 0. The Bertz CT molecular complexity index is 925. The molecule has 0 radical (unpaired) electrons. The van der Waals surface area contributed by atoms with Crippen LogP contribution in [0.5, 0.6) is 0 Å². The van der Waals surface area contributed by atoms with Crippen molar-refractivity contribution < 1.29 is 0 Å². The molecule has 5 heterocycles. The molecule has 3 aromatic heterocycles. The first-order valence-corrected chi connectivity index (χ1v) is 9.84. The fourth-order valence-corrected chi connectivity index (χ4v) is 4.68. The highest BCUT2D eigenvalue weighted by Gasteiger charge is 2.21. The van der Waals surface area contributed by atoms with Crippen LogP contribution in [0.25, 0.3) is 20.7 Å². The third-order valence-electron chi connectivity index (χ3n) is 5.10. The minimum atomic E-state index is 0.857. The van der Waals surface area contributed by atoms with E-state index in [1.54, 1.807) is 11.3 Å². The fourth-order valence-electron chi connectivity index (χ4n) is 3.61. The van der Waals surface area contributed by atoms with E-state index in [2.05, 4.69) is 38.0 Å². The van der Waals surface area contributed by atoms with Crippen molar-refractivity contribution in [2.24, 2.45) is 0 Å². The summed E-state index contributed by atoms with van der Waals surface area (Å²) in [6, 6.07) is 6.59. The van der Waals surface area contributed by atoms with Gasteiger partial charge >= 0.3 is 0 Å². The van der Waals surface area contributed by atoms with Gasteiger partial charge in [-0.1, -0.05) is 0 Å². The van der Waals surface area contributed by atoms with Gasteiger partial charge < -0.3 is 9.80 Å². The lowest BCUT2D eigenvalue weighted by molar-refractivity contribution is 0.611. The van der Waals surface area contributed by atoms with Crippen LogP contribution in [0.3, 0.4) is 0 Å². The molecule has 0 N–H and O–H groups in total. The van der Waals surface area contributed by atoms with Crippen molar-refractivity contribution in [2.75, 3.05) is 36.0 Å². The molecule has 2 saturated heterocycles. The number of anilines is 2. The number of hydrogen-bond acceptors (Lipinski definition) is 6. The summed E-state index contributed by atoms with van der Waals surface area (Å²) in [4.78, 5) is 21.0. The summed E-state index contributed by atoms with van der Waals surface area (Å²) in [5, 5.41) is 1.19. The maximum atomic E-state index is 4.71. The zero-order valence-corrected chi connectivity index (χ0v) is 15.2. The number of thiophene rings is 1. The molecule has 0 amide bonds. The minimum absolute atomic E-state index is 0.857. The molecule has 0 saturated carbocycles. The zero-order chi connectivity index (χ0) is 16.8. The molecule has 0 atom stereocenters. The van der Waals surface area contributed by atoms with Gasteiger partial charge in [-0.15, -0.1) is 11.3 Å². The van der Waals surface area contributed by atoms with Crippen LogP contribution >= 0.6 is 11.3 Å². The van der Waals surface area contributed by atoms with Crippen molar-refractivity contribution in [1.82, 2.24) is 15.0 Å². The van der Waals surface area contributed by atoms with Gasteiger partial charge in [-0.05, 0) is 49.9 Å². The van der Waals surface area contributed by atoms with Gasteiger partial charge in [0, 0.05) is 37.3 Å². The van der Waals surface area contributed by atoms with Gasteiger partial charge in [0.25, 0.3) is 0 Å². The molecule has 0 aromatic carbocycles. The van der Waals surface area contributed by atoms with Crippen LogP contribution in [-0.2, 0) is 0 Å². The predicted molar refractivity (Wildman–Crippen MR) is 104 cm³/mol. The molecule has 25 heavy (non-hydrogen) atoms. The number of hydrogen-bond donors (Lipinski definition) is 0. The average molecular weight is 351 g/mol. The van der Waals surface area contributed by atoms with Crippen molar-refractivity contribution in [1.29, 1.82) is 0 Å². The van der Waals surface area contributed by atoms with E-state index in [1.807, 2.05) is 13.1 Å². The number of aryl methyl sites for hydroxylation is 1. The summed E-state index contributed by atoms with van der Waals surface area (Å²) in [6.07, 6.45) is 5.72. The second-order valence-corrected chi connectivity index (χ2v) is 7.89. The van der Waals surface area contributed by atoms with Gasteiger partial charge in [-0.2, -0.15) is 0 Å². The number of pyridine rings is 1. The number of fused-ring (bicyclic) bond motifs is 1. The van der Waals surface area contributed by atoms with Gasteiger partial charge in [0.15, 0.2) is 0 Å². The molecule has 2 aliphatic rings. The van der Waals surface area contributed by atoms with Gasteiger partial charge in [-0.3, -0.25) is 0 Å². The van der Waals surface area contributed by atoms with Crippen molar-refractivity contribution in [3.05, 3.63) is 30.2 Å². The lowest BCUT2D eigenvalue weighted by Gasteiger charge is -2.32. The van der Waals surface area contributed by atoms with Crippen LogP contribution in [0.1, 0.15) is 25.1 Å². The molecule has 6 heteroatoms. The van der Waals surface area contributed by atoms with Gasteiger partial charge in [-0.25, -0.2) is 15.0 Å². The van der Waals surface area contributed by atoms with E-state index < -0.39 is 0 Å². The highest BCUT2D eigenvalue weighted by atomic mass is 32.1. The fraction of sp³-hybridized carbons (Fsp3) is 0.421. The lowest BCUT2D eigenvalue weighted by Crippen LogP contribution is -2.37. The highest BCUT2D eigenvalue weighted by Crippen LogP contribution is 2.38. The quantitative estimate of drug-likeness (QED) is 0.717. The van der Waals surface area contributed by atoms with Crippen molar-refractivity contribution >= 4 is 33.2 Å². The first kappa shape index (κ1) is 15.1. The highest BCUT2D eigenvalue weighted by molar-refractivity contribution is 7.21. The first-order chi connectivity index (χ1) is 12.3. The summed E-state index contributed by atoms with van der Waals surface area (Å²) >= 11 is 1.76. The predicted octanol–water partition coefficient (Wildman–Crippen LogP) is 3.87. The van der Waals surface area contributed by atoms with Crippen LogP contribution in [-0.4, -0.2) is 41.1 Å². The van der Waals surface area contributed by atoms with E-state index in [4.69, 9.17) is 4.98 Å². The topological polar surface area (TPSA) is 45.2 Å². The Morgan fingerprint density at radius 1 is 0.960 bits per heavy atom. The SMILES string of the molecule is Cc1nc(N2CCC2)c2cc(-c3ccnc(N4CCCC4)c3)sc2n1. The van der Waals surface area contributed by atoms with Crippen molar-refractivity contribution in [2.45, 2.75) is 26.2 Å². The second-order valence-electron chi connectivity index (χ2n) is 6.86. The second kappa shape index (κ2) is 5.95. The monoisotopic (exact) mass is 351 g/mol. The van der Waals surface area contributed by atoms with Crippen LogP contribution in [0.4, 0.5) is 11.6 Å². The number of aromatic nitrogens is 3. The molecular weight excluding hydrogens is 330 g/mol. The normalized spacial score (nSPS) is 17.3. The Kier molecular flexibility index (Phi) is 3.59. The zero-order valence-electron chi connectivity index (χ0n) is 14.4. The average Bonchev–Trinajstić information content (AvgIpc) is 3.23. The van der Waals surface area contributed by atoms with E-state index >= 15 is 0 Å². The largest absolute Gasteiger partial charge is 0.357 e. The molecule has 2 aliphatic heterocycles. The van der Waals surface area contributed by atoms with Gasteiger partial charge in [0.1, 0.15) is 22.3 Å². The van der Waals surface area contributed by atoms with Crippen molar-refractivity contribution in [3.8, 4) is 10.4 Å². The lowest BCUT2D eigenvalue weighted by atomic mass is 10.1. The van der Waals surface area contributed by atoms with Crippen LogP contribution in [0, 0.1) is 6.92 Å². The Hall–Kier alpha value is -2.21. The standard InChI is InChI=1S/C19H21N5S/c1-13-21-18(24-9-4-10-24)15-12-16(25-19(15)22-13)14-5-6-20-17(11-14)23-7-2-3-8-23/h5-6,11-12H,2-4,7-10H2,1H3. The number of nitrogens with zero attached hydrogens (tertiary/aromatic N) is 5. The maximum absolute atomic E-state index is 4.71. The first-order valence-electron chi connectivity index (χ1n) is 9.02. The molecule has 5 nitrogen and oxygen atoms in total. The Morgan fingerprint density at radius 3 is 2.52 bits per heavy atom. The molecule has 2 fully saturated rings. The van der Waals surface area contributed by atoms with Crippen LogP contribution in [0.15, 0.2) is 24.4 Å². The number of rotatable bonds is 3. The maximum Gasteiger partial charge on any atom is 0.141 e. The van der Waals surface area contributed by atoms with E-state index in [0.29, 0.717) is 0 Å². The molecule has 0 aliphatic carbocycles. The molecule has 0 bridgehead atoms. The summed E-state index contributed by atoms with van der Waals surface area (Å²) in [5.41, 5.74) is 1.23.